The maximum Gasteiger partial charge on any atom is 0.511 e. The summed E-state index contributed by atoms with van der Waals surface area (Å²) in [5.41, 5.74) is 0.439. The molecule has 1 saturated heterocycles. The Morgan fingerprint density at radius 3 is 2.45 bits per heavy atom. The number of guanidine groups is 1. The van der Waals surface area contributed by atoms with Gasteiger partial charge in [-0.25, -0.2) is 8.42 Å². The van der Waals surface area contributed by atoms with Gasteiger partial charge in [-0.05, 0) is 25.2 Å². The number of nitrogens with two attached hydrogens (primary N) is 1. The van der Waals surface area contributed by atoms with Gasteiger partial charge in [0, 0.05) is 26.2 Å². The van der Waals surface area contributed by atoms with Crippen molar-refractivity contribution in [3.63, 3.8) is 0 Å². The fourth-order valence-corrected chi connectivity index (χ4v) is 3.14. The third kappa shape index (κ3) is 5.31. The molecule has 1 aliphatic heterocycles. The fraction of sp³-hybridized carbons (Fsp3) is 0.917. The third-order valence-corrected chi connectivity index (χ3v) is 5.19. The van der Waals surface area contributed by atoms with E-state index in [1.807, 2.05) is 0 Å². The summed E-state index contributed by atoms with van der Waals surface area (Å²) >= 11 is 0. The van der Waals surface area contributed by atoms with Gasteiger partial charge in [-0.2, -0.15) is 17.5 Å². The molecule has 0 spiro atoms. The van der Waals surface area contributed by atoms with Crippen LogP contribution in [0.3, 0.4) is 0 Å². The molecule has 0 saturated carbocycles. The predicted octanol–water partition coefficient (Wildman–Crippen LogP) is 1.25. The van der Waals surface area contributed by atoms with Gasteiger partial charge in [0.25, 0.3) is 0 Å². The van der Waals surface area contributed by atoms with Gasteiger partial charge in [-0.1, -0.05) is 13.3 Å². The van der Waals surface area contributed by atoms with Gasteiger partial charge < -0.3 is 11.1 Å². The van der Waals surface area contributed by atoms with E-state index >= 15 is 0 Å². The quantitative estimate of drug-likeness (QED) is 0.431. The molecule has 130 valence electrons. The van der Waals surface area contributed by atoms with E-state index in [4.69, 9.17) is 5.73 Å². The molecule has 1 rings (SSSR count). The number of nitrogens with one attached hydrogen (secondary N) is 1. The van der Waals surface area contributed by atoms with Crippen LogP contribution in [0, 0.1) is 5.92 Å². The van der Waals surface area contributed by atoms with Crippen molar-refractivity contribution in [2.45, 2.75) is 38.1 Å². The fourth-order valence-electron chi connectivity index (χ4n) is 2.16. The standard InChI is InChI=1S/C12H23F3N4O2S/c1-2-3-6-17-11(16)18-9-10-4-7-19(8-5-10)22(20,21)12(13,14)15/h10H,2-9H2,1H3,(H3,16,17,18). The smallest absolute Gasteiger partial charge is 0.370 e. The van der Waals surface area contributed by atoms with Crippen LogP contribution < -0.4 is 11.1 Å². The Morgan fingerprint density at radius 2 is 1.95 bits per heavy atom. The second-order valence-corrected chi connectivity index (χ2v) is 7.23. The first kappa shape index (κ1) is 19.0. The van der Waals surface area contributed by atoms with Crippen LogP contribution in [0.1, 0.15) is 32.6 Å². The zero-order valence-electron chi connectivity index (χ0n) is 12.6. The zero-order valence-corrected chi connectivity index (χ0v) is 13.4. The molecule has 1 fully saturated rings. The monoisotopic (exact) mass is 344 g/mol. The van der Waals surface area contributed by atoms with E-state index in [1.54, 1.807) is 0 Å². The minimum atomic E-state index is -5.23. The van der Waals surface area contributed by atoms with Crippen LogP contribution in [0.4, 0.5) is 13.2 Å². The Kier molecular flexibility index (Phi) is 6.92. The minimum absolute atomic E-state index is 0.0474. The average molecular weight is 344 g/mol. The van der Waals surface area contributed by atoms with E-state index in [0.29, 0.717) is 29.7 Å². The van der Waals surface area contributed by atoms with Crippen LogP contribution in [0.25, 0.3) is 0 Å². The summed E-state index contributed by atoms with van der Waals surface area (Å²) in [4.78, 5) is 4.15. The van der Waals surface area contributed by atoms with Crippen LogP contribution in [0.2, 0.25) is 0 Å². The van der Waals surface area contributed by atoms with Crippen LogP contribution in [0.15, 0.2) is 4.99 Å². The van der Waals surface area contributed by atoms with E-state index in [1.165, 1.54) is 0 Å². The summed E-state index contributed by atoms with van der Waals surface area (Å²) in [5.74, 6) is 0.366. The highest BCUT2D eigenvalue weighted by molar-refractivity contribution is 7.90. The lowest BCUT2D eigenvalue weighted by atomic mass is 9.98. The van der Waals surface area contributed by atoms with Gasteiger partial charge in [0.15, 0.2) is 5.96 Å². The van der Waals surface area contributed by atoms with E-state index < -0.39 is 15.5 Å². The van der Waals surface area contributed by atoms with Crippen molar-refractivity contribution in [1.82, 2.24) is 9.62 Å². The van der Waals surface area contributed by atoms with Crippen molar-refractivity contribution >= 4 is 16.0 Å². The number of piperidine rings is 1. The number of alkyl halides is 3. The summed E-state index contributed by atoms with van der Waals surface area (Å²) in [6.45, 7) is 2.91. The average Bonchev–Trinajstić information content (AvgIpc) is 2.44. The van der Waals surface area contributed by atoms with E-state index in [-0.39, 0.29) is 19.0 Å². The maximum atomic E-state index is 12.4. The summed E-state index contributed by atoms with van der Waals surface area (Å²) in [7, 11) is -5.21. The lowest BCUT2D eigenvalue weighted by Gasteiger charge is -2.30. The first-order chi connectivity index (χ1) is 10.2. The van der Waals surface area contributed by atoms with Gasteiger partial charge in [-0.15, -0.1) is 0 Å². The molecule has 0 aliphatic carbocycles. The van der Waals surface area contributed by atoms with Crippen LogP contribution in [-0.2, 0) is 10.0 Å². The number of hydrogen-bond acceptors (Lipinski definition) is 3. The molecule has 0 atom stereocenters. The SMILES string of the molecule is CCCCNC(N)=NCC1CCN(S(=O)(=O)C(F)(F)F)CC1. The number of aliphatic imine (C=N–C) groups is 1. The molecule has 1 aliphatic rings. The van der Waals surface area contributed by atoms with E-state index in [0.717, 1.165) is 19.4 Å². The Labute approximate surface area is 129 Å². The first-order valence-electron chi connectivity index (χ1n) is 7.28. The molecule has 1 heterocycles. The normalized spacial score (nSPS) is 19.4. The number of halogens is 3. The summed E-state index contributed by atoms with van der Waals surface area (Å²) in [6.07, 6.45) is 2.71. The number of sulfonamides is 1. The van der Waals surface area contributed by atoms with Gasteiger partial charge in [0.1, 0.15) is 0 Å². The molecule has 10 heteroatoms. The summed E-state index contributed by atoms with van der Waals surface area (Å²) in [6, 6.07) is 0. The summed E-state index contributed by atoms with van der Waals surface area (Å²) in [5, 5.41) is 2.95. The molecule has 0 aromatic heterocycles. The van der Waals surface area contributed by atoms with Gasteiger partial charge >= 0.3 is 15.5 Å². The maximum absolute atomic E-state index is 12.4. The van der Waals surface area contributed by atoms with Crippen molar-refractivity contribution in [3.05, 3.63) is 0 Å². The molecule has 0 unspecified atom stereocenters. The molecule has 22 heavy (non-hydrogen) atoms. The van der Waals surface area contributed by atoms with Crippen LogP contribution in [0.5, 0.6) is 0 Å². The molecule has 0 radical (unpaired) electrons. The largest absolute Gasteiger partial charge is 0.511 e. The van der Waals surface area contributed by atoms with E-state index in [2.05, 4.69) is 17.2 Å². The lowest BCUT2D eigenvalue weighted by molar-refractivity contribution is -0.0496. The lowest BCUT2D eigenvalue weighted by Crippen LogP contribution is -2.45. The van der Waals surface area contributed by atoms with Crippen molar-refractivity contribution < 1.29 is 21.6 Å². The summed E-state index contributed by atoms with van der Waals surface area (Å²) < 4.78 is 60.4. The zero-order chi connectivity index (χ0) is 16.8. The van der Waals surface area contributed by atoms with Gasteiger partial charge in [0.05, 0.1) is 0 Å². The topological polar surface area (TPSA) is 87.8 Å². The van der Waals surface area contributed by atoms with Crippen molar-refractivity contribution in [1.29, 1.82) is 0 Å². The molecule has 0 aromatic carbocycles. The predicted molar refractivity (Wildman–Crippen MR) is 78.7 cm³/mol. The Hall–Kier alpha value is -1.03. The Bertz CT molecular complexity index is 471. The highest BCUT2D eigenvalue weighted by atomic mass is 32.2. The van der Waals surface area contributed by atoms with Crippen molar-refractivity contribution in [2.24, 2.45) is 16.6 Å². The third-order valence-electron chi connectivity index (χ3n) is 3.56. The number of nitrogens with zero attached hydrogens (tertiary/aromatic N) is 2. The second-order valence-electron chi connectivity index (χ2n) is 5.30. The van der Waals surface area contributed by atoms with E-state index in [9.17, 15) is 21.6 Å². The molecular weight excluding hydrogens is 321 g/mol. The van der Waals surface area contributed by atoms with Crippen molar-refractivity contribution in [3.8, 4) is 0 Å². The highest BCUT2D eigenvalue weighted by Gasteiger charge is 2.50. The Morgan fingerprint density at radius 1 is 1.36 bits per heavy atom. The number of hydrogen-bond donors (Lipinski definition) is 2. The first-order valence-corrected chi connectivity index (χ1v) is 8.72. The molecule has 6 nitrogen and oxygen atoms in total. The molecule has 0 amide bonds. The van der Waals surface area contributed by atoms with Crippen molar-refractivity contribution in [2.75, 3.05) is 26.2 Å². The Balaban J connectivity index is 2.42. The molecule has 3 N–H and O–H groups in total. The minimum Gasteiger partial charge on any atom is -0.370 e. The highest BCUT2D eigenvalue weighted by Crippen LogP contribution is 2.30. The molecular formula is C12H23F3N4O2S. The number of unbranched alkanes of at least 4 members (excludes halogenated alkanes) is 1. The molecule has 0 aromatic rings. The van der Waals surface area contributed by atoms with Gasteiger partial charge in [-0.3, -0.25) is 4.99 Å². The van der Waals surface area contributed by atoms with Gasteiger partial charge in [0.2, 0.25) is 0 Å². The number of rotatable bonds is 6. The second kappa shape index (κ2) is 8.00. The molecule has 0 bridgehead atoms. The van der Waals surface area contributed by atoms with Crippen LogP contribution >= 0.6 is 0 Å². The van der Waals surface area contributed by atoms with Crippen LogP contribution in [-0.4, -0.2) is 50.4 Å².